The molecule has 0 saturated carbocycles. The number of hydrogen-bond acceptors (Lipinski definition) is 13. The largest absolute Gasteiger partial charge is 0.429 e. The lowest BCUT2D eigenvalue weighted by atomic mass is 10.1. The minimum absolute atomic E-state index is 0.222. The van der Waals surface area contributed by atoms with Gasteiger partial charge in [0.05, 0.1) is 24.3 Å². The first-order valence-electron chi connectivity index (χ1n) is 15.7. The van der Waals surface area contributed by atoms with E-state index < -0.39 is 78.5 Å². The van der Waals surface area contributed by atoms with Crippen molar-refractivity contribution in [2.45, 2.75) is 114 Å². The zero-order chi connectivity index (χ0) is 33.6. The molecule has 47 heavy (non-hydrogen) atoms. The molecule has 9 atom stereocenters. The lowest BCUT2D eigenvalue weighted by molar-refractivity contribution is -0.235. The molecule has 0 bridgehead atoms. The third kappa shape index (κ3) is 7.53. The summed E-state index contributed by atoms with van der Waals surface area (Å²) in [6.07, 6.45) is -4.99. The predicted molar refractivity (Wildman–Crippen MR) is 161 cm³/mol. The Labute approximate surface area is 273 Å². The summed E-state index contributed by atoms with van der Waals surface area (Å²) < 4.78 is 57.4. The molecule has 0 aliphatic carbocycles. The Morgan fingerprint density at radius 2 is 1.11 bits per heavy atom. The van der Waals surface area contributed by atoms with Gasteiger partial charge in [0.15, 0.2) is 29.6 Å². The molecule has 256 valence electrons. The molecule has 0 spiro atoms. The van der Waals surface area contributed by atoms with Crippen LogP contribution in [0.2, 0.25) is 0 Å². The molecule has 13 nitrogen and oxygen atoms in total. The van der Waals surface area contributed by atoms with Gasteiger partial charge in [-0.25, -0.2) is 9.59 Å². The fraction of sp³-hybridized carbons (Fsp3) is 0.588. The first kappa shape index (κ1) is 33.9. The average Bonchev–Trinajstić information content (AvgIpc) is 3.80. The number of aliphatic hydroxyl groups is 1. The highest BCUT2D eigenvalue weighted by Gasteiger charge is 2.60. The summed E-state index contributed by atoms with van der Waals surface area (Å²) in [6, 6.07) is 17.4. The molecule has 7 unspecified atom stereocenters. The van der Waals surface area contributed by atoms with E-state index in [1.165, 1.54) is 0 Å². The Kier molecular flexibility index (Phi) is 9.48. The summed E-state index contributed by atoms with van der Waals surface area (Å²) in [4.78, 5) is 24.5. The molecular weight excluding hydrogens is 616 g/mol. The van der Waals surface area contributed by atoms with E-state index in [1.54, 1.807) is 62.4 Å². The molecule has 5 aliphatic heterocycles. The standard InChI is InChI=1S/C19H24O7.C15H18O6/c1-18(2)21-10-12(24-18)13-14-15(26-19(3,4)25-14)17(22-13)23-16(20)11-8-6-5-7-9-11;1-15(2)20-11-10(8-16)18-14(12(11)21-15)19-13(17)9-6-4-3-5-7-9/h5-9,12-15,17H,10H2,1-4H3;3-7,10-12,14,16H,8H2,1-2H3/t12?,13-,14?,15?,17?;10-,11?,12?,14?/m00/s1. The number of ether oxygens (including phenoxy) is 10. The minimum Gasteiger partial charge on any atom is -0.429 e. The first-order chi connectivity index (χ1) is 22.2. The van der Waals surface area contributed by atoms with Crippen molar-refractivity contribution in [2.75, 3.05) is 13.2 Å². The second kappa shape index (κ2) is 13.1. The van der Waals surface area contributed by atoms with E-state index >= 15 is 0 Å². The van der Waals surface area contributed by atoms with Gasteiger partial charge < -0.3 is 52.5 Å². The maximum Gasteiger partial charge on any atom is 0.340 e. The fourth-order valence-corrected chi connectivity index (χ4v) is 6.24. The smallest absolute Gasteiger partial charge is 0.340 e. The molecule has 7 rings (SSSR count). The van der Waals surface area contributed by atoms with Crippen molar-refractivity contribution in [2.24, 2.45) is 0 Å². The van der Waals surface area contributed by atoms with Crippen molar-refractivity contribution in [1.29, 1.82) is 0 Å². The van der Waals surface area contributed by atoms with Gasteiger partial charge in [-0.2, -0.15) is 0 Å². The summed E-state index contributed by atoms with van der Waals surface area (Å²) in [5, 5.41) is 9.35. The number of carbonyl (C=O) groups is 2. The molecule has 2 aromatic rings. The predicted octanol–water partition coefficient (Wildman–Crippen LogP) is 3.32. The monoisotopic (exact) mass is 658 g/mol. The molecule has 13 heteroatoms. The van der Waals surface area contributed by atoms with Gasteiger partial charge in [-0.1, -0.05) is 36.4 Å². The maximum absolute atomic E-state index is 12.4. The lowest BCUT2D eigenvalue weighted by Crippen LogP contribution is -2.40. The van der Waals surface area contributed by atoms with E-state index in [4.69, 9.17) is 47.4 Å². The molecule has 1 N–H and O–H groups in total. The lowest BCUT2D eigenvalue weighted by Gasteiger charge is -2.26. The Hall–Kier alpha value is -2.98. The van der Waals surface area contributed by atoms with Crippen molar-refractivity contribution < 1.29 is 62.1 Å². The highest BCUT2D eigenvalue weighted by Crippen LogP contribution is 2.43. The summed E-state index contributed by atoms with van der Waals surface area (Å²) in [7, 11) is 0. The third-order valence-electron chi connectivity index (χ3n) is 8.20. The second-order valence-corrected chi connectivity index (χ2v) is 13.2. The molecule has 5 saturated heterocycles. The maximum atomic E-state index is 12.4. The van der Waals surface area contributed by atoms with Gasteiger partial charge in [0, 0.05) is 0 Å². The van der Waals surface area contributed by atoms with Crippen LogP contribution in [0.1, 0.15) is 62.3 Å². The van der Waals surface area contributed by atoms with Gasteiger partial charge in [0.25, 0.3) is 0 Å². The van der Waals surface area contributed by atoms with Crippen molar-refractivity contribution >= 4 is 11.9 Å². The van der Waals surface area contributed by atoms with E-state index in [2.05, 4.69) is 0 Å². The number of benzene rings is 2. The van der Waals surface area contributed by atoms with Crippen LogP contribution in [0.25, 0.3) is 0 Å². The minimum atomic E-state index is -0.887. The number of aliphatic hydroxyl groups excluding tert-OH is 1. The number of fused-ring (bicyclic) bond motifs is 2. The third-order valence-corrected chi connectivity index (χ3v) is 8.20. The number of hydrogen-bond donors (Lipinski definition) is 1. The zero-order valence-electron chi connectivity index (χ0n) is 27.2. The van der Waals surface area contributed by atoms with Gasteiger partial charge in [-0.05, 0) is 65.8 Å². The Bertz CT molecular complexity index is 1400. The van der Waals surface area contributed by atoms with Crippen LogP contribution in [0.3, 0.4) is 0 Å². The van der Waals surface area contributed by atoms with Crippen LogP contribution in [-0.2, 0) is 47.4 Å². The van der Waals surface area contributed by atoms with Crippen LogP contribution in [0, 0.1) is 0 Å². The zero-order valence-corrected chi connectivity index (χ0v) is 27.2. The summed E-state index contributed by atoms with van der Waals surface area (Å²) in [6.45, 7) is 11.1. The molecule has 5 aliphatic rings. The quantitative estimate of drug-likeness (QED) is 0.453. The Morgan fingerprint density at radius 3 is 1.60 bits per heavy atom. The van der Waals surface area contributed by atoms with E-state index in [0.717, 1.165) is 0 Å². The topological polar surface area (TPSA) is 147 Å². The number of carbonyl (C=O) groups excluding carboxylic acids is 2. The summed E-state index contributed by atoms with van der Waals surface area (Å²) in [5.41, 5.74) is 0.888. The van der Waals surface area contributed by atoms with Gasteiger partial charge in [0.2, 0.25) is 12.6 Å². The highest BCUT2D eigenvalue weighted by molar-refractivity contribution is 5.89. The molecule has 0 amide bonds. The van der Waals surface area contributed by atoms with E-state index in [-0.39, 0.29) is 12.7 Å². The normalized spacial score (nSPS) is 35.8. The summed E-state index contributed by atoms with van der Waals surface area (Å²) in [5.74, 6) is -3.22. The van der Waals surface area contributed by atoms with Gasteiger partial charge in [0.1, 0.15) is 30.5 Å². The van der Waals surface area contributed by atoms with Crippen LogP contribution in [0.4, 0.5) is 0 Å². The van der Waals surface area contributed by atoms with Gasteiger partial charge >= 0.3 is 11.9 Å². The molecule has 0 radical (unpaired) electrons. The van der Waals surface area contributed by atoms with Crippen LogP contribution < -0.4 is 0 Å². The highest BCUT2D eigenvalue weighted by atomic mass is 16.8. The van der Waals surface area contributed by atoms with Gasteiger partial charge in [-0.15, -0.1) is 0 Å². The van der Waals surface area contributed by atoms with E-state index in [9.17, 15) is 14.7 Å². The average molecular weight is 659 g/mol. The molecular formula is C34H42O13. The Morgan fingerprint density at radius 1 is 0.638 bits per heavy atom. The number of rotatable bonds is 6. The second-order valence-electron chi connectivity index (χ2n) is 13.2. The Balaban J connectivity index is 0.000000168. The van der Waals surface area contributed by atoms with Crippen molar-refractivity contribution in [1.82, 2.24) is 0 Å². The fourth-order valence-electron chi connectivity index (χ4n) is 6.24. The van der Waals surface area contributed by atoms with E-state index in [1.807, 2.05) is 39.8 Å². The number of esters is 2. The van der Waals surface area contributed by atoms with Crippen LogP contribution in [0.15, 0.2) is 60.7 Å². The van der Waals surface area contributed by atoms with Crippen LogP contribution >= 0.6 is 0 Å². The van der Waals surface area contributed by atoms with E-state index in [0.29, 0.717) is 17.7 Å². The molecule has 0 aromatic heterocycles. The SMILES string of the molecule is CC1(C)OC2C(OC(=O)c3ccccc3)O[C@@H](CO)C2O1.CC1(C)OCC([C@@H]2OC(OC(=O)c3ccccc3)C3OC(C)(C)OC32)O1. The summed E-state index contributed by atoms with van der Waals surface area (Å²) >= 11 is 0. The molecule has 5 heterocycles. The molecule has 2 aromatic carbocycles. The van der Waals surface area contributed by atoms with Crippen molar-refractivity contribution in [3.63, 3.8) is 0 Å². The first-order valence-corrected chi connectivity index (χ1v) is 15.7. The molecule has 5 fully saturated rings. The van der Waals surface area contributed by atoms with Crippen molar-refractivity contribution in [3.05, 3.63) is 71.8 Å². The van der Waals surface area contributed by atoms with Crippen molar-refractivity contribution in [3.8, 4) is 0 Å². The van der Waals surface area contributed by atoms with Crippen LogP contribution in [-0.4, -0.2) is 103 Å². The van der Waals surface area contributed by atoms with Gasteiger partial charge in [-0.3, -0.25) is 0 Å². The van der Waals surface area contributed by atoms with Crippen LogP contribution in [0.5, 0.6) is 0 Å².